The molecule has 6 heteroatoms. The van der Waals surface area contributed by atoms with E-state index in [1.54, 1.807) is 0 Å². The number of ether oxygens (including phenoxy) is 1. The average Bonchev–Trinajstić information content (AvgIpc) is 2.34. The average molecular weight is 1050 g/mol. The molecular formula is C74H62BN3OS. The highest BCUT2D eigenvalue weighted by atomic mass is 32.1. The molecule has 0 radical (unpaired) electrons. The predicted molar refractivity (Wildman–Crippen MR) is 345 cm³/mol. The van der Waals surface area contributed by atoms with Crippen molar-refractivity contribution in [3.05, 3.63) is 229 Å². The molecular weight excluding hydrogens is 990 g/mol. The van der Waals surface area contributed by atoms with Crippen molar-refractivity contribution in [3.63, 3.8) is 0 Å². The highest BCUT2D eigenvalue weighted by Gasteiger charge is 2.45. The van der Waals surface area contributed by atoms with E-state index in [0.29, 0.717) is 0 Å². The van der Waals surface area contributed by atoms with E-state index in [1.165, 1.54) is 91.1 Å². The Balaban J connectivity index is 1.11. The number of benzene rings is 11. The van der Waals surface area contributed by atoms with Crippen LogP contribution in [0.1, 0.15) is 79.0 Å². The topological polar surface area (TPSA) is 20.6 Å². The van der Waals surface area contributed by atoms with Gasteiger partial charge in [0.1, 0.15) is 11.5 Å². The minimum Gasteiger partial charge on any atom is -0.456 e. The summed E-state index contributed by atoms with van der Waals surface area (Å²) in [6.07, 6.45) is 0. The first kappa shape index (κ1) is 48.5. The van der Waals surface area contributed by atoms with Gasteiger partial charge in [0, 0.05) is 65.1 Å². The summed E-state index contributed by atoms with van der Waals surface area (Å²) in [5.41, 5.74) is 17.3. The second kappa shape index (κ2) is 17.5. The molecule has 388 valence electrons. The van der Waals surface area contributed by atoms with E-state index >= 15 is 0 Å². The van der Waals surface area contributed by atoms with Gasteiger partial charge in [-0.1, -0.05) is 190 Å². The number of hydrogen-bond donors (Lipinski definition) is 0. The molecule has 15 rings (SSSR count). The lowest BCUT2D eigenvalue weighted by Crippen LogP contribution is -2.60. The largest absolute Gasteiger partial charge is 0.456 e. The molecule has 0 atom stereocenters. The first-order chi connectivity index (χ1) is 38.6. The van der Waals surface area contributed by atoms with Crippen LogP contribution in [0.2, 0.25) is 0 Å². The van der Waals surface area contributed by atoms with Gasteiger partial charge in [0.2, 0.25) is 0 Å². The molecule has 0 spiro atoms. The zero-order valence-electron chi connectivity index (χ0n) is 46.9. The summed E-state index contributed by atoms with van der Waals surface area (Å²) < 4.78 is 13.2. The summed E-state index contributed by atoms with van der Waals surface area (Å²) in [6, 6.07) is 79.8. The Bertz CT molecular complexity index is 4590. The van der Waals surface area contributed by atoms with Gasteiger partial charge in [-0.2, -0.15) is 0 Å². The number of nitrogens with zero attached hydrogens (tertiary/aromatic N) is 3. The second-order valence-corrected chi connectivity index (χ2v) is 26.4. The van der Waals surface area contributed by atoms with Gasteiger partial charge in [0.25, 0.3) is 6.71 Å². The van der Waals surface area contributed by atoms with Gasteiger partial charge in [-0.15, -0.1) is 11.3 Å². The van der Waals surface area contributed by atoms with E-state index in [2.05, 4.69) is 289 Å². The van der Waals surface area contributed by atoms with Gasteiger partial charge in [-0.25, -0.2) is 0 Å². The van der Waals surface area contributed by atoms with Crippen LogP contribution >= 0.6 is 11.3 Å². The maximum absolute atomic E-state index is 8.11. The van der Waals surface area contributed by atoms with Gasteiger partial charge in [0.05, 0.1) is 28.1 Å². The summed E-state index contributed by atoms with van der Waals surface area (Å²) >= 11 is 1.89. The fourth-order valence-electron chi connectivity index (χ4n) is 13.1. The number of hydrogen-bond acceptors (Lipinski definition) is 4. The molecule has 4 nitrogen and oxygen atoms in total. The number of rotatable bonds is 5. The fraction of sp³-hybridized carbons (Fsp3) is 0.162. The van der Waals surface area contributed by atoms with E-state index in [4.69, 9.17) is 4.74 Å². The van der Waals surface area contributed by atoms with Crippen LogP contribution in [0.25, 0.3) is 69.2 Å². The number of para-hydroxylation sites is 2. The number of aromatic nitrogens is 1. The quantitative estimate of drug-likeness (QED) is 0.127. The van der Waals surface area contributed by atoms with Crippen LogP contribution in [0.5, 0.6) is 11.5 Å². The van der Waals surface area contributed by atoms with Crippen molar-refractivity contribution in [2.75, 3.05) is 9.80 Å². The highest BCUT2D eigenvalue weighted by molar-refractivity contribution is 7.26. The minimum atomic E-state index is -0.193. The van der Waals surface area contributed by atoms with Crippen LogP contribution < -0.4 is 30.9 Å². The molecule has 0 amide bonds. The molecule has 0 saturated heterocycles. The molecule has 0 bridgehead atoms. The van der Waals surface area contributed by atoms with Crippen LogP contribution in [0, 0.1) is 0 Å². The zero-order valence-corrected chi connectivity index (χ0v) is 47.8. The smallest absolute Gasteiger partial charge is 0.256 e. The van der Waals surface area contributed by atoms with E-state index in [0.717, 1.165) is 56.8 Å². The van der Waals surface area contributed by atoms with Crippen molar-refractivity contribution in [3.8, 4) is 17.2 Å². The summed E-state index contributed by atoms with van der Waals surface area (Å²) in [7, 11) is 0. The van der Waals surface area contributed by atoms with Crippen LogP contribution in [0.4, 0.5) is 34.1 Å². The molecule has 2 aromatic heterocycles. The third-order valence-corrected chi connectivity index (χ3v) is 18.3. The zero-order chi connectivity index (χ0) is 54.6. The Morgan fingerprint density at radius 1 is 0.412 bits per heavy atom. The second-order valence-electron chi connectivity index (χ2n) is 25.4. The Labute approximate surface area is 473 Å². The number of fused-ring (bicyclic) bond motifs is 13. The lowest BCUT2D eigenvalue weighted by atomic mass is 9.34. The Morgan fingerprint density at radius 3 is 1.60 bits per heavy atom. The summed E-state index contributed by atoms with van der Waals surface area (Å²) in [5, 5.41) is 9.81. The van der Waals surface area contributed by atoms with Crippen molar-refractivity contribution in [2.24, 2.45) is 0 Å². The molecule has 0 aliphatic carbocycles. The lowest BCUT2D eigenvalue weighted by molar-refractivity contribution is 0.486. The van der Waals surface area contributed by atoms with Crippen molar-refractivity contribution < 1.29 is 4.74 Å². The third kappa shape index (κ3) is 7.41. The van der Waals surface area contributed by atoms with Gasteiger partial charge < -0.3 is 19.1 Å². The highest BCUT2D eigenvalue weighted by Crippen LogP contribution is 2.52. The van der Waals surface area contributed by atoms with Crippen LogP contribution in [0.3, 0.4) is 0 Å². The van der Waals surface area contributed by atoms with Gasteiger partial charge in [-0.3, -0.25) is 0 Å². The van der Waals surface area contributed by atoms with Gasteiger partial charge >= 0.3 is 0 Å². The van der Waals surface area contributed by atoms with Crippen molar-refractivity contribution in [2.45, 2.75) is 78.6 Å². The molecule has 11 aromatic carbocycles. The van der Waals surface area contributed by atoms with Crippen LogP contribution in [-0.4, -0.2) is 11.3 Å². The summed E-state index contributed by atoms with van der Waals surface area (Å²) in [5.74, 6) is 1.74. The van der Waals surface area contributed by atoms with E-state index in [9.17, 15) is 0 Å². The molecule has 80 heavy (non-hydrogen) atoms. The molecule has 2 aliphatic heterocycles. The fourth-order valence-corrected chi connectivity index (χ4v) is 14.3. The first-order valence-electron chi connectivity index (χ1n) is 28.3. The Morgan fingerprint density at radius 2 is 0.963 bits per heavy atom. The van der Waals surface area contributed by atoms with Gasteiger partial charge in [-0.05, 0) is 144 Å². The predicted octanol–water partition coefficient (Wildman–Crippen LogP) is 19.2. The van der Waals surface area contributed by atoms with Gasteiger partial charge in [0.15, 0.2) is 0 Å². The van der Waals surface area contributed by atoms with Crippen molar-refractivity contribution >= 4 is 132 Å². The SMILES string of the molecule is CC(C)(C)c1ccc2c(c1)B1c3cc4sc5ccccc5c4c(-n4c5ccc(C(C)(C)C)cc5c5cc(C(C)(C)C)ccc54)c3Oc3cc(N(c4ccccc4)c4ccccc4)cc(c31)N2c1cc2ccccc2c2ccccc12. The normalized spacial score (nSPS) is 13.4. The molecule has 13 aromatic rings. The molecule has 0 saturated carbocycles. The number of thiophene rings is 1. The van der Waals surface area contributed by atoms with Crippen LogP contribution in [0.15, 0.2) is 212 Å². The lowest BCUT2D eigenvalue weighted by Gasteiger charge is -2.42. The number of anilines is 6. The van der Waals surface area contributed by atoms with Crippen molar-refractivity contribution in [1.82, 2.24) is 4.57 Å². The molecule has 4 heterocycles. The van der Waals surface area contributed by atoms with Crippen molar-refractivity contribution in [1.29, 1.82) is 0 Å². The van der Waals surface area contributed by atoms with Crippen LogP contribution in [-0.2, 0) is 16.2 Å². The third-order valence-electron chi connectivity index (χ3n) is 17.2. The molecule has 0 unspecified atom stereocenters. The Hall–Kier alpha value is -8.58. The monoisotopic (exact) mass is 1050 g/mol. The van der Waals surface area contributed by atoms with E-state index in [1.807, 2.05) is 11.3 Å². The minimum absolute atomic E-state index is 0.0457. The molecule has 0 N–H and O–H groups in total. The summed E-state index contributed by atoms with van der Waals surface area (Å²) in [6.45, 7) is 20.8. The standard InChI is InChI=1S/C74H62BN3OS/c1-72(2,3)46-32-35-60-56(39-46)57-40-47(73(4,5)6)33-36-61(57)78(60)70-68-55-30-20-21-31-66(55)80-67(68)44-59-71(70)79-65-43-51(76(49-23-12-10-13-24-49)50-25-14-11-15-26-50)42-64-69(65)75(59)58-41-48(74(7,8)9)34-37-62(58)77(64)63-38-45-22-16-17-27-52(45)53-28-18-19-29-54(53)63/h10-44H,1-9H3. The van der Waals surface area contributed by atoms with E-state index in [-0.39, 0.29) is 23.0 Å². The first-order valence-corrected chi connectivity index (χ1v) is 29.1. The maximum atomic E-state index is 8.11. The molecule has 0 fully saturated rings. The Kier molecular flexibility index (Phi) is 10.6. The molecule has 2 aliphatic rings. The maximum Gasteiger partial charge on any atom is 0.256 e. The van der Waals surface area contributed by atoms with E-state index < -0.39 is 0 Å². The summed E-state index contributed by atoms with van der Waals surface area (Å²) in [4.78, 5) is 4.96.